The van der Waals surface area contributed by atoms with Gasteiger partial charge in [0.2, 0.25) is 11.1 Å². The van der Waals surface area contributed by atoms with E-state index in [0.717, 1.165) is 33.9 Å². The molecule has 0 bridgehead atoms. The molecule has 1 aliphatic heterocycles. The number of anilines is 1. The summed E-state index contributed by atoms with van der Waals surface area (Å²) in [5, 5.41) is 10.4. The molecule has 0 saturated heterocycles. The van der Waals surface area contributed by atoms with E-state index < -0.39 is 0 Å². The van der Waals surface area contributed by atoms with Crippen LogP contribution >= 0.6 is 23.1 Å². The van der Waals surface area contributed by atoms with Crippen molar-refractivity contribution in [2.45, 2.75) is 18.5 Å². The second-order valence-electron chi connectivity index (χ2n) is 7.13. The second-order valence-corrected chi connectivity index (χ2v) is 9.13. The third kappa shape index (κ3) is 3.98. The first-order valence-corrected chi connectivity index (χ1v) is 11.6. The normalized spacial score (nSPS) is 12.9. The lowest BCUT2D eigenvalue weighted by Crippen LogP contribution is -2.30. The van der Waals surface area contributed by atoms with Gasteiger partial charge in [-0.05, 0) is 43.2 Å². The van der Waals surface area contributed by atoms with E-state index in [1.54, 1.807) is 29.5 Å². The average Bonchev–Trinajstić information content (AvgIpc) is 3.51. The van der Waals surface area contributed by atoms with Crippen LogP contribution in [0.4, 0.5) is 10.1 Å². The number of fused-ring (bicyclic) bond motifs is 1. The van der Waals surface area contributed by atoms with Crippen LogP contribution in [0.3, 0.4) is 0 Å². The minimum Gasteiger partial charge on any atom is -0.311 e. The van der Waals surface area contributed by atoms with Crippen LogP contribution in [0.25, 0.3) is 22.6 Å². The SMILES string of the molecule is Cc1nc(-c2ccc3c(c2)CCN3C(=O)CSc2n[nH]c(-c3ccccc3F)n2)cs1. The van der Waals surface area contributed by atoms with Gasteiger partial charge in [0.15, 0.2) is 5.82 Å². The Morgan fingerprint density at radius 1 is 1.26 bits per heavy atom. The van der Waals surface area contributed by atoms with Gasteiger partial charge in [-0.1, -0.05) is 30.0 Å². The molecule has 0 radical (unpaired) electrons. The highest BCUT2D eigenvalue weighted by molar-refractivity contribution is 7.99. The number of thioether (sulfide) groups is 1. The molecule has 2 aromatic heterocycles. The molecule has 9 heteroatoms. The van der Waals surface area contributed by atoms with Gasteiger partial charge in [0.05, 0.1) is 22.0 Å². The first-order valence-electron chi connectivity index (χ1n) is 9.74. The molecule has 0 fully saturated rings. The van der Waals surface area contributed by atoms with E-state index in [2.05, 4.69) is 31.6 Å². The van der Waals surface area contributed by atoms with E-state index in [9.17, 15) is 9.18 Å². The Hall–Kier alpha value is -3.04. The van der Waals surface area contributed by atoms with E-state index >= 15 is 0 Å². The smallest absolute Gasteiger partial charge is 0.237 e. The summed E-state index contributed by atoms with van der Waals surface area (Å²) in [6.45, 7) is 2.65. The van der Waals surface area contributed by atoms with E-state index in [-0.39, 0.29) is 17.5 Å². The molecule has 1 aliphatic rings. The van der Waals surface area contributed by atoms with Crippen LogP contribution in [0.1, 0.15) is 10.6 Å². The van der Waals surface area contributed by atoms with Crippen LogP contribution in [0.2, 0.25) is 0 Å². The van der Waals surface area contributed by atoms with E-state index in [4.69, 9.17) is 0 Å². The van der Waals surface area contributed by atoms with Crippen LogP contribution < -0.4 is 4.90 Å². The molecule has 5 rings (SSSR count). The number of amides is 1. The Labute approximate surface area is 186 Å². The number of benzene rings is 2. The van der Waals surface area contributed by atoms with Gasteiger partial charge in [-0.2, -0.15) is 0 Å². The standard InChI is InChI=1S/C22H18FN5OS2/c1-13-24-18(11-30-13)14-6-7-19-15(10-14)8-9-28(19)20(29)12-31-22-25-21(26-27-22)16-4-2-3-5-17(16)23/h2-7,10-11H,8-9,12H2,1H3,(H,25,26,27). The van der Waals surface area contributed by atoms with Gasteiger partial charge < -0.3 is 4.90 Å². The van der Waals surface area contributed by atoms with Gasteiger partial charge in [-0.25, -0.2) is 14.4 Å². The van der Waals surface area contributed by atoms with Crippen LogP contribution in [-0.4, -0.2) is 38.4 Å². The van der Waals surface area contributed by atoms with Gasteiger partial charge in [0.1, 0.15) is 5.82 Å². The number of nitrogens with zero attached hydrogens (tertiary/aromatic N) is 4. The predicted molar refractivity (Wildman–Crippen MR) is 121 cm³/mol. The van der Waals surface area contributed by atoms with Crippen LogP contribution in [-0.2, 0) is 11.2 Å². The van der Waals surface area contributed by atoms with Crippen molar-refractivity contribution in [1.82, 2.24) is 20.2 Å². The Balaban J connectivity index is 1.26. The number of aryl methyl sites for hydroxylation is 1. The van der Waals surface area contributed by atoms with Gasteiger partial charge in [0.25, 0.3) is 0 Å². The number of hydrogen-bond acceptors (Lipinski definition) is 6. The fourth-order valence-electron chi connectivity index (χ4n) is 3.61. The fourth-order valence-corrected chi connectivity index (χ4v) is 4.90. The molecule has 6 nitrogen and oxygen atoms in total. The molecule has 0 unspecified atom stereocenters. The van der Waals surface area contributed by atoms with Crippen molar-refractivity contribution < 1.29 is 9.18 Å². The maximum atomic E-state index is 13.9. The molecule has 2 aromatic carbocycles. The summed E-state index contributed by atoms with van der Waals surface area (Å²) < 4.78 is 13.9. The van der Waals surface area contributed by atoms with Gasteiger partial charge in [-0.15, -0.1) is 16.4 Å². The number of hydrogen-bond donors (Lipinski definition) is 1. The second kappa shape index (κ2) is 8.24. The zero-order valence-electron chi connectivity index (χ0n) is 16.6. The van der Waals surface area contributed by atoms with Crippen molar-refractivity contribution in [3.63, 3.8) is 0 Å². The maximum absolute atomic E-state index is 13.9. The zero-order valence-corrected chi connectivity index (χ0v) is 18.3. The summed E-state index contributed by atoms with van der Waals surface area (Å²) in [6, 6.07) is 12.5. The molecule has 31 heavy (non-hydrogen) atoms. The first-order chi connectivity index (χ1) is 15.1. The first kappa shape index (κ1) is 19.9. The van der Waals surface area contributed by atoms with Crippen LogP contribution in [0, 0.1) is 12.7 Å². The highest BCUT2D eigenvalue weighted by Gasteiger charge is 2.25. The van der Waals surface area contributed by atoms with Crippen molar-refractivity contribution in [3.05, 3.63) is 64.2 Å². The third-order valence-corrected chi connectivity index (χ3v) is 6.72. The van der Waals surface area contributed by atoms with Crippen LogP contribution in [0.15, 0.2) is 53.0 Å². The topological polar surface area (TPSA) is 74.8 Å². The number of aromatic nitrogens is 4. The van der Waals surface area contributed by atoms with Gasteiger partial charge in [-0.3, -0.25) is 9.89 Å². The highest BCUT2D eigenvalue weighted by Crippen LogP contribution is 2.33. The lowest BCUT2D eigenvalue weighted by molar-refractivity contribution is -0.116. The van der Waals surface area contributed by atoms with E-state index in [0.29, 0.717) is 23.1 Å². The van der Waals surface area contributed by atoms with Gasteiger partial charge >= 0.3 is 0 Å². The van der Waals surface area contributed by atoms with E-state index in [1.165, 1.54) is 17.8 Å². The Bertz CT molecular complexity index is 1270. The Morgan fingerprint density at radius 3 is 2.94 bits per heavy atom. The molecular weight excluding hydrogens is 433 g/mol. The number of thiazole rings is 1. The summed E-state index contributed by atoms with van der Waals surface area (Å²) in [4.78, 5) is 23.5. The zero-order chi connectivity index (χ0) is 21.4. The van der Waals surface area contributed by atoms with Crippen LogP contribution in [0.5, 0.6) is 0 Å². The largest absolute Gasteiger partial charge is 0.311 e. The molecule has 0 spiro atoms. The minimum absolute atomic E-state index is 0.00163. The predicted octanol–water partition coefficient (Wildman–Crippen LogP) is 4.72. The lowest BCUT2D eigenvalue weighted by atomic mass is 10.1. The summed E-state index contributed by atoms with van der Waals surface area (Å²) in [5.74, 6) is 0.191. The molecule has 1 N–H and O–H groups in total. The molecule has 4 aromatic rings. The van der Waals surface area contributed by atoms with Crippen molar-refractivity contribution in [2.24, 2.45) is 0 Å². The van der Waals surface area contributed by atoms with Crippen molar-refractivity contribution >= 4 is 34.7 Å². The monoisotopic (exact) mass is 451 g/mol. The summed E-state index contributed by atoms with van der Waals surface area (Å²) in [7, 11) is 0. The quantitative estimate of drug-likeness (QED) is 0.444. The Kier molecular flexibility index (Phi) is 5.29. The van der Waals surface area contributed by atoms with E-state index in [1.807, 2.05) is 24.0 Å². The molecule has 156 valence electrons. The van der Waals surface area contributed by atoms with Crippen molar-refractivity contribution in [3.8, 4) is 22.6 Å². The summed E-state index contributed by atoms with van der Waals surface area (Å²) in [6.07, 6.45) is 0.820. The minimum atomic E-state index is -0.368. The fraction of sp³-hybridized carbons (Fsp3) is 0.182. The molecule has 1 amide bonds. The molecule has 0 atom stereocenters. The number of aromatic amines is 1. The number of carbonyl (C=O) groups is 1. The number of nitrogens with one attached hydrogen (secondary N) is 1. The highest BCUT2D eigenvalue weighted by atomic mass is 32.2. The van der Waals surface area contributed by atoms with Crippen molar-refractivity contribution in [1.29, 1.82) is 0 Å². The molecule has 0 aliphatic carbocycles. The van der Waals surface area contributed by atoms with Crippen molar-refractivity contribution in [2.75, 3.05) is 17.2 Å². The van der Waals surface area contributed by atoms with Gasteiger partial charge in [0, 0.05) is 23.2 Å². The number of rotatable bonds is 5. The summed E-state index contributed by atoms with van der Waals surface area (Å²) in [5.41, 5.74) is 4.51. The summed E-state index contributed by atoms with van der Waals surface area (Å²) >= 11 is 2.87. The number of carbonyl (C=O) groups excluding carboxylic acids is 1. The maximum Gasteiger partial charge on any atom is 0.237 e. The molecule has 0 saturated carbocycles. The number of halogens is 1. The Morgan fingerprint density at radius 2 is 2.13 bits per heavy atom. The molecule has 3 heterocycles. The lowest BCUT2D eigenvalue weighted by Gasteiger charge is -2.17. The number of H-pyrrole nitrogens is 1. The molecular formula is C22H18FN5OS2. The average molecular weight is 452 g/mol. The third-order valence-electron chi connectivity index (χ3n) is 5.11.